The summed E-state index contributed by atoms with van der Waals surface area (Å²) in [4.78, 5) is 9.81. The maximum absolute atomic E-state index is 13.1. The summed E-state index contributed by atoms with van der Waals surface area (Å²) >= 11 is 0. The fraction of sp³-hybridized carbons (Fsp3) is 0.0833. The van der Waals surface area contributed by atoms with E-state index in [0.717, 1.165) is 0 Å². The molecule has 18 heavy (non-hydrogen) atoms. The number of hydrogen-bond acceptors (Lipinski definition) is 4. The SMILES string of the molecule is CN(c1cccc(F)c1)c1nccc(C(=N)N)n1. The van der Waals surface area contributed by atoms with Crippen molar-refractivity contribution in [1.82, 2.24) is 9.97 Å². The van der Waals surface area contributed by atoms with Gasteiger partial charge >= 0.3 is 0 Å². The number of hydrogen-bond donors (Lipinski definition) is 2. The Labute approximate surface area is 104 Å². The van der Waals surface area contributed by atoms with E-state index in [1.165, 1.54) is 18.3 Å². The molecule has 0 amide bonds. The fourth-order valence-corrected chi connectivity index (χ4v) is 1.46. The summed E-state index contributed by atoms with van der Waals surface area (Å²) in [5, 5.41) is 7.32. The van der Waals surface area contributed by atoms with E-state index in [1.54, 1.807) is 30.1 Å². The van der Waals surface area contributed by atoms with Crippen LogP contribution in [0.2, 0.25) is 0 Å². The third kappa shape index (κ3) is 2.42. The summed E-state index contributed by atoms with van der Waals surface area (Å²) in [6.07, 6.45) is 1.51. The molecule has 0 fully saturated rings. The van der Waals surface area contributed by atoms with E-state index in [1.807, 2.05) is 0 Å². The van der Waals surface area contributed by atoms with E-state index in [9.17, 15) is 4.39 Å². The van der Waals surface area contributed by atoms with Gasteiger partial charge in [0.1, 0.15) is 17.3 Å². The van der Waals surface area contributed by atoms with Crippen molar-refractivity contribution in [3.63, 3.8) is 0 Å². The predicted molar refractivity (Wildman–Crippen MR) is 67.5 cm³/mol. The second-order valence-electron chi connectivity index (χ2n) is 3.69. The topological polar surface area (TPSA) is 78.9 Å². The highest BCUT2D eigenvalue weighted by Gasteiger charge is 2.09. The summed E-state index contributed by atoms with van der Waals surface area (Å²) in [5.74, 6) is -0.110. The number of amidine groups is 1. The average Bonchev–Trinajstić information content (AvgIpc) is 2.38. The van der Waals surface area contributed by atoms with Crippen LogP contribution in [0.15, 0.2) is 36.5 Å². The second-order valence-corrected chi connectivity index (χ2v) is 3.69. The van der Waals surface area contributed by atoms with Gasteiger partial charge in [-0.1, -0.05) is 6.07 Å². The molecule has 0 aliphatic heterocycles. The molecule has 1 heterocycles. The highest BCUT2D eigenvalue weighted by atomic mass is 19.1. The molecule has 0 radical (unpaired) electrons. The quantitative estimate of drug-likeness (QED) is 0.636. The number of nitrogens with zero attached hydrogens (tertiary/aromatic N) is 3. The summed E-state index contributed by atoms with van der Waals surface area (Å²) in [5.41, 5.74) is 6.32. The number of nitrogens with one attached hydrogen (secondary N) is 1. The molecule has 0 aliphatic carbocycles. The van der Waals surface area contributed by atoms with Crippen molar-refractivity contribution in [3.8, 4) is 0 Å². The first-order chi connectivity index (χ1) is 8.58. The summed E-state index contributed by atoms with van der Waals surface area (Å²) in [7, 11) is 1.72. The van der Waals surface area contributed by atoms with Crippen LogP contribution in [-0.4, -0.2) is 22.9 Å². The van der Waals surface area contributed by atoms with Crippen LogP contribution in [0.4, 0.5) is 16.0 Å². The number of halogens is 1. The van der Waals surface area contributed by atoms with Crippen LogP contribution < -0.4 is 10.6 Å². The maximum Gasteiger partial charge on any atom is 0.230 e. The lowest BCUT2D eigenvalue weighted by Gasteiger charge is -2.17. The van der Waals surface area contributed by atoms with Crippen molar-refractivity contribution in [2.75, 3.05) is 11.9 Å². The van der Waals surface area contributed by atoms with Crippen LogP contribution in [0, 0.1) is 11.2 Å². The molecular formula is C12H12FN5. The fourth-order valence-electron chi connectivity index (χ4n) is 1.46. The molecular weight excluding hydrogens is 233 g/mol. The molecule has 0 aliphatic rings. The predicted octanol–water partition coefficient (Wildman–Crippen LogP) is 1.67. The molecule has 0 spiro atoms. The van der Waals surface area contributed by atoms with Crippen LogP contribution in [0.3, 0.4) is 0 Å². The van der Waals surface area contributed by atoms with Gasteiger partial charge in [0.25, 0.3) is 0 Å². The van der Waals surface area contributed by atoms with Crippen molar-refractivity contribution < 1.29 is 4.39 Å². The van der Waals surface area contributed by atoms with Crippen molar-refractivity contribution in [3.05, 3.63) is 48.0 Å². The first-order valence-electron chi connectivity index (χ1n) is 5.24. The number of rotatable bonds is 3. The third-order valence-electron chi connectivity index (χ3n) is 2.41. The Hall–Kier alpha value is -2.50. The Balaban J connectivity index is 2.36. The second kappa shape index (κ2) is 4.79. The number of benzene rings is 1. The van der Waals surface area contributed by atoms with E-state index in [0.29, 0.717) is 17.3 Å². The first-order valence-corrected chi connectivity index (χ1v) is 5.24. The molecule has 1 aromatic carbocycles. The zero-order valence-corrected chi connectivity index (χ0v) is 9.76. The Kier molecular flexibility index (Phi) is 3.18. The Morgan fingerprint density at radius 3 is 2.83 bits per heavy atom. The summed E-state index contributed by atoms with van der Waals surface area (Å²) in [6, 6.07) is 7.64. The highest BCUT2D eigenvalue weighted by Crippen LogP contribution is 2.20. The molecule has 0 unspecified atom stereocenters. The van der Waals surface area contributed by atoms with Crippen molar-refractivity contribution in [2.45, 2.75) is 0 Å². The number of aromatic nitrogens is 2. The van der Waals surface area contributed by atoms with Crippen molar-refractivity contribution >= 4 is 17.5 Å². The lowest BCUT2D eigenvalue weighted by Crippen LogP contribution is -2.18. The molecule has 0 saturated heterocycles. The molecule has 6 heteroatoms. The van der Waals surface area contributed by atoms with E-state index in [-0.39, 0.29) is 11.7 Å². The highest BCUT2D eigenvalue weighted by molar-refractivity contribution is 5.93. The van der Waals surface area contributed by atoms with Gasteiger partial charge in [-0.25, -0.2) is 14.4 Å². The zero-order valence-electron chi connectivity index (χ0n) is 9.76. The van der Waals surface area contributed by atoms with Gasteiger partial charge < -0.3 is 10.6 Å². The monoisotopic (exact) mass is 245 g/mol. The average molecular weight is 245 g/mol. The number of nitrogens with two attached hydrogens (primary N) is 1. The van der Waals surface area contributed by atoms with E-state index in [4.69, 9.17) is 11.1 Å². The van der Waals surface area contributed by atoms with E-state index in [2.05, 4.69) is 9.97 Å². The van der Waals surface area contributed by atoms with E-state index < -0.39 is 0 Å². The van der Waals surface area contributed by atoms with Gasteiger partial charge in [0.2, 0.25) is 5.95 Å². The molecule has 0 bridgehead atoms. The molecule has 0 saturated carbocycles. The molecule has 1 aromatic heterocycles. The van der Waals surface area contributed by atoms with Crippen LogP contribution in [0.5, 0.6) is 0 Å². The number of anilines is 2. The van der Waals surface area contributed by atoms with Crippen molar-refractivity contribution in [2.24, 2.45) is 5.73 Å². The minimum absolute atomic E-state index is 0.133. The lowest BCUT2D eigenvalue weighted by atomic mass is 10.3. The molecule has 3 N–H and O–H groups in total. The summed E-state index contributed by atoms with van der Waals surface area (Å²) in [6.45, 7) is 0. The smallest absolute Gasteiger partial charge is 0.230 e. The molecule has 5 nitrogen and oxygen atoms in total. The number of nitrogen functional groups attached to an aromatic ring is 1. The standard InChI is InChI=1S/C12H12FN5/c1-18(9-4-2-3-8(13)7-9)12-16-6-5-10(17-12)11(14)15/h2-7H,1H3,(H3,14,15). The van der Waals surface area contributed by atoms with Gasteiger partial charge in [-0.15, -0.1) is 0 Å². The summed E-state index contributed by atoms with van der Waals surface area (Å²) < 4.78 is 13.1. The van der Waals surface area contributed by atoms with Gasteiger partial charge in [0.05, 0.1) is 0 Å². The molecule has 2 aromatic rings. The van der Waals surface area contributed by atoms with Crippen LogP contribution >= 0.6 is 0 Å². The Bertz CT molecular complexity index is 584. The minimum Gasteiger partial charge on any atom is -0.382 e. The van der Waals surface area contributed by atoms with Gasteiger partial charge in [0.15, 0.2) is 0 Å². The Morgan fingerprint density at radius 1 is 1.39 bits per heavy atom. The van der Waals surface area contributed by atoms with Crippen LogP contribution in [-0.2, 0) is 0 Å². The minimum atomic E-state index is -0.331. The normalized spacial score (nSPS) is 10.1. The van der Waals surface area contributed by atoms with E-state index >= 15 is 0 Å². The molecule has 0 atom stereocenters. The van der Waals surface area contributed by atoms with Gasteiger partial charge in [-0.2, -0.15) is 0 Å². The van der Waals surface area contributed by atoms with Gasteiger partial charge in [0, 0.05) is 18.9 Å². The Morgan fingerprint density at radius 2 is 2.17 bits per heavy atom. The molecule has 2 rings (SSSR count). The largest absolute Gasteiger partial charge is 0.382 e. The first kappa shape index (κ1) is 12.0. The van der Waals surface area contributed by atoms with Crippen LogP contribution in [0.25, 0.3) is 0 Å². The maximum atomic E-state index is 13.1. The van der Waals surface area contributed by atoms with Crippen molar-refractivity contribution in [1.29, 1.82) is 5.41 Å². The lowest BCUT2D eigenvalue weighted by molar-refractivity contribution is 0.628. The molecule has 92 valence electrons. The van der Waals surface area contributed by atoms with Crippen LogP contribution in [0.1, 0.15) is 5.69 Å². The van der Waals surface area contributed by atoms with Gasteiger partial charge in [-0.3, -0.25) is 5.41 Å². The zero-order chi connectivity index (χ0) is 13.1. The third-order valence-corrected chi connectivity index (χ3v) is 2.41. The van der Waals surface area contributed by atoms with Gasteiger partial charge in [-0.05, 0) is 24.3 Å².